The molecule has 1 aliphatic rings. The average molecular weight is 516 g/mol. The van der Waals surface area contributed by atoms with E-state index in [4.69, 9.17) is 4.99 Å². The van der Waals surface area contributed by atoms with E-state index >= 15 is 0 Å². The number of aliphatic imine (C=N–C) groups is 1. The number of anilines is 3. The van der Waals surface area contributed by atoms with E-state index in [0.29, 0.717) is 23.8 Å². The van der Waals surface area contributed by atoms with Gasteiger partial charge in [0.2, 0.25) is 0 Å². The lowest BCUT2D eigenvalue weighted by molar-refractivity contribution is -0.119. The summed E-state index contributed by atoms with van der Waals surface area (Å²) in [6, 6.07) is 24.8. The van der Waals surface area contributed by atoms with Crippen LogP contribution in [-0.2, 0) is 17.8 Å². The fourth-order valence-electron chi connectivity index (χ4n) is 4.26. The summed E-state index contributed by atoms with van der Waals surface area (Å²) in [4.78, 5) is 32.8. The molecule has 3 aromatic carbocycles. The summed E-state index contributed by atoms with van der Waals surface area (Å²) < 4.78 is 0. The van der Waals surface area contributed by atoms with Crippen LogP contribution in [-0.4, -0.2) is 35.4 Å². The Morgan fingerprint density at radius 3 is 2.49 bits per heavy atom. The molecule has 0 bridgehead atoms. The van der Waals surface area contributed by atoms with Crippen molar-refractivity contribution < 1.29 is 9.59 Å². The molecule has 0 spiro atoms. The zero-order chi connectivity index (χ0) is 26.2. The smallest absolute Gasteiger partial charge is 0.319 e. The summed E-state index contributed by atoms with van der Waals surface area (Å²) in [5, 5.41) is 9.75. The number of urea groups is 1. The van der Waals surface area contributed by atoms with Crippen LogP contribution in [0.5, 0.6) is 0 Å². The number of thioether (sulfide) groups is 1. The van der Waals surface area contributed by atoms with E-state index in [-0.39, 0.29) is 18.0 Å². The van der Waals surface area contributed by atoms with Crippen LogP contribution in [0.25, 0.3) is 0 Å². The summed E-state index contributed by atoms with van der Waals surface area (Å²) >= 11 is 1.49. The predicted octanol–water partition coefficient (Wildman–Crippen LogP) is 5.90. The normalized spacial score (nSPS) is 15.7. The van der Waals surface area contributed by atoms with Gasteiger partial charge in [0.05, 0.1) is 6.54 Å². The minimum atomic E-state index is -0.510. The zero-order valence-electron chi connectivity index (χ0n) is 21.4. The first-order valence-corrected chi connectivity index (χ1v) is 13.6. The first-order chi connectivity index (χ1) is 17.9. The summed E-state index contributed by atoms with van der Waals surface area (Å²) in [6.07, 6.45) is 3.34. The molecule has 0 saturated heterocycles. The SMILES string of the molecule is CSC(=NC1CCc2ccccc2N(Cc2cccc(NC(=O)NC(C)C)c2)C1=O)Nc1ccccc1. The molecule has 192 valence electrons. The van der Waals surface area contributed by atoms with Gasteiger partial charge in [-0.1, -0.05) is 60.3 Å². The fraction of sp³-hybridized carbons (Fsp3) is 0.276. The highest BCUT2D eigenvalue weighted by atomic mass is 32.2. The average Bonchev–Trinajstić information content (AvgIpc) is 3.01. The number of carbonyl (C=O) groups excluding carboxylic acids is 2. The number of nitrogens with one attached hydrogen (secondary N) is 3. The summed E-state index contributed by atoms with van der Waals surface area (Å²) in [5.41, 5.74) is 4.56. The van der Waals surface area contributed by atoms with Gasteiger partial charge < -0.3 is 20.9 Å². The lowest BCUT2D eigenvalue weighted by Crippen LogP contribution is -2.38. The van der Waals surface area contributed by atoms with Crippen molar-refractivity contribution in [1.82, 2.24) is 5.32 Å². The van der Waals surface area contributed by atoms with E-state index in [1.165, 1.54) is 11.8 Å². The van der Waals surface area contributed by atoms with Crippen molar-refractivity contribution in [1.29, 1.82) is 0 Å². The monoisotopic (exact) mass is 515 g/mol. The van der Waals surface area contributed by atoms with Crippen molar-refractivity contribution in [3.63, 3.8) is 0 Å². The van der Waals surface area contributed by atoms with Crippen molar-refractivity contribution in [3.8, 4) is 0 Å². The highest BCUT2D eigenvalue weighted by molar-refractivity contribution is 8.13. The second-order valence-electron chi connectivity index (χ2n) is 9.19. The lowest BCUT2D eigenvalue weighted by atomic mass is 10.1. The molecule has 3 amide bonds. The first-order valence-electron chi connectivity index (χ1n) is 12.4. The zero-order valence-corrected chi connectivity index (χ0v) is 22.2. The third-order valence-electron chi connectivity index (χ3n) is 5.96. The number of carbonyl (C=O) groups is 2. The van der Waals surface area contributed by atoms with Crippen molar-refractivity contribution in [3.05, 3.63) is 90.0 Å². The Labute approximate surface area is 222 Å². The van der Waals surface area contributed by atoms with Gasteiger partial charge in [-0.05, 0) is 74.4 Å². The number of amides is 3. The molecule has 1 aliphatic heterocycles. The highest BCUT2D eigenvalue weighted by Gasteiger charge is 2.30. The Kier molecular flexibility index (Phi) is 8.85. The van der Waals surface area contributed by atoms with Crippen LogP contribution in [0.15, 0.2) is 83.9 Å². The molecule has 3 N–H and O–H groups in total. The minimum absolute atomic E-state index is 0.0365. The van der Waals surface area contributed by atoms with Crippen molar-refractivity contribution in [2.45, 2.75) is 45.3 Å². The quantitative estimate of drug-likeness (QED) is 0.282. The van der Waals surface area contributed by atoms with Gasteiger partial charge in [-0.15, -0.1) is 0 Å². The van der Waals surface area contributed by atoms with E-state index in [1.54, 1.807) is 0 Å². The second kappa shape index (κ2) is 12.5. The van der Waals surface area contributed by atoms with Crippen LogP contribution >= 0.6 is 11.8 Å². The maximum absolute atomic E-state index is 13.9. The van der Waals surface area contributed by atoms with Crippen LogP contribution in [0.2, 0.25) is 0 Å². The number of fused-ring (bicyclic) bond motifs is 1. The maximum Gasteiger partial charge on any atom is 0.319 e. The number of para-hydroxylation sites is 2. The maximum atomic E-state index is 13.9. The molecule has 1 heterocycles. The summed E-state index contributed by atoms with van der Waals surface area (Å²) in [6.45, 7) is 4.20. The topological polar surface area (TPSA) is 85.8 Å². The number of benzene rings is 3. The number of nitrogens with zero attached hydrogens (tertiary/aromatic N) is 2. The van der Waals surface area contributed by atoms with Crippen molar-refractivity contribution in [2.24, 2.45) is 4.99 Å². The summed E-state index contributed by atoms with van der Waals surface area (Å²) in [7, 11) is 0. The van der Waals surface area contributed by atoms with E-state index < -0.39 is 6.04 Å². The number of amidine groups is 1. The third-order valence-corrected chi connectivity index (χ3v) is 6.55. The van der Waals surface area contributed by atoms with E-state index in [1.807, 2.05) is 97.8 Å². The lowest BCUT2D eigenvalue weighted by Gasteiger charge is -2.25. The molecule has 0 aromatic heterocycles. The molecule has 0 radical (unpaired) electrons. The fourth-order valence-corrected chi connectivity index (χ4v) is 4.72. The van der Waals surface area contributed by atoms with Crippen molar-refractivity contribution >= 4 is 45.9 Å². The van der Waals surface area contributed by atoms with E-state index in [0.717, 1.165) is 28.9 Å². The Bertz CT molecular complexity index is 1260. The van der Waals surface area contributed by atoms with E-state index in [2.05, 4.69) is 22.0 Å². The second-order valence-corrected chi connectivity index (χ2v) is 9.99. The van der Waals surface area contributed by atoms with Gasteiger partial charge in [0.1, 0.15) is 6.04 Å². The Morgan fingerprint density at radius 1 is 1.00 bits per heavy atom. The molecule has 7 nitrogen and oxygen atoms in total. The first kappa shape index (κ1) is 26.3. The molecule has 0 saturated carbocycles. The van der Waals surface area contributed by atoms with Gasteiger partial charge in [-0.25, -0.2) is 9.79 Å². The molecular weight excluding hydrogens is 482 g/mol. The predicted molar refractivity (Wildman–Crippen MR) is 154 cm³/mol. The standard InChI is InChI=1S/C29H33N5O2S/c1-20(2)30-28(36)31-24-14-9-10-21(18-24)19-34-26-15-8-7-11-22(26)16-17-25(27(34)35)33-29(37-3)32-23-12-5-4-6-13-23/h4-15,18,20,25H,16-17,19H2,1-3H3,(H,32,33)(H2,30,31,36). The van der Waals surface area contributed by atoms with Crippen LogP contribution < -0.4 is 20.9 Å². The van der Waals surface area contributed by atoms with Crippen LogP contribution in [0.1, 0.15) is 31.4 Å². The molecule has 37 heavy (non-hydrogen) atoms. The molecular formula is C29H33N5O2S. The van der Waals surface area contributed by atoms with Gasteiger partial charge in [0.15, 0.2) is 5.17 Å². The van der Waals surface area contributed by atoms with Gasteiger partial charge in [-0.2, -0.15) is 0 Å². The Balaban J connectivity index is 1.59. The molecule has 1 unspecified atom stereocenters. The number of rotatable bonds is 6. The largest absolute Gasteiger partial charge is 0.336 e. The number of aryl methyl sites for hydroxylation is 1. The number of hydrogen-bond acceptors (Lipinski definition) is 4. The minimum Gasteiger partial charge on any atom is -0.336 e. The van der Waals surface area contributed by atoms with Crippen LogP contribution in [0.3, 0.4) is 0 Å². The van der Waals surface area contributed by atoms with Gasteiger partial charge in [0.25, 0.3) is 5.91 Å². The van der Waals surface area contributed by atoms with Gasteiger partial charge in [-0.3, -0.25) is 4.79 Å². The molecule has 3 aromatic rings. The molecule has 1 atom stereocenters. The molecule has 0 aliphatic carbocycles. The molecule has 0 fully saturated rings. The molecule has 8 heteroatoms. The van der Waals surface area contributed by atoms with Gasteiger partial charge >= 0.3 is 6.03 Å². The van der Waals surface area contributed by atoms with Crippen LogP contribution in [0, 0.1) is 0 Å². The highest BCUT2D eigenvalue weighted by Crippen LogP contribution is 2.30. The van der Waals surface area contributed by atoms with Crippen molar-refractivity contribution in [2.75, 3.05) is 21.8 Å². The molecule has 4 rings (SSSR count). The number of hydrogen-bond donors (Lipinski definition) is 3. The Hall–Kier alpha value is -3.78. The van der Waals surface area contributed by atoms with Crippen LogP contribution in [0.4, 0.5) is 21.9 Å². The Morgan fingerprint density at radius 2 is 1.73 bits per heavy atom. The summed E-state index contributed by atoms with van der Waals surface area (Å²) in [5.74, 6) is -0.0396. The van der Waals surface area contributed by atoms with E-state index in [9.17, 15) is 9.59 Å². The third kappa shape index (κ3) is 7.13. The van der Waals surface area contributed by atoms with Gasteiger partial charge in [0, 0.05) is 23.1 Å².